The number of aliphatic hydroxyl groups excluding tert-OH is 2. The number of anilines is 1. The zero-order valence-corrected chi connectivity index (χ0v) is 17.8. The zero-order valence-electron chi connectivity index (χ0n) is 16.9. The smallest absolute Gasteiger partial charge is 0.387 e. The molecule has 1 fully saturated rings. The van der Waals surface area contributed by atoms with Gasteiger partial charge in [-0.25, -0.2) is 9.55 Å². The van der Waals surface area contributed by atoms with Crippen molar-refractivity contribution in [3.63, 3.8) is 0 Å². The first-order chi connectivity index (χ1) is 15.5. The highest BCUT2D eigenvalue weighted by atomic mass is 31.2. The van der Waals surface area contributed by atoms with Gasteiger partial charge in [-0.3, -0.25) is 24.0 Å². The molecule has 2 aromatic rings. The Labute approximate surface area is 186 Å². The van der Waals surface area contributed by atoms with Gasteiger partial charge < -0.3 is 35.8 Å². The third-order valence-corrected chi connectivity index (χ3v) is 5.36. The summed E-state index contributed by atoms with van der Waals surface area (Å²) in [5.41, 5.74) is 6.51. The number of nitro groups is 1. The number of ether oxygens (including phenoxy) is 1. The van der Waals surface area contributed by atoms with Gasteiger partial charge in [0.15, 0.2) is 12.0 Å². The Bertz CT molecular complexity index is 1050. The lowest BCUT2D eigenvalue weighted by molar-refractivity contribution is -0.384. The SMILES string of the molecule is Nc1c(C(=O)CNCc2ccc([N+](=O)[O-])cc2)ncn1[C@@H]1O[C@H](COP(=O)(O)O)[C@@H](O)[C@H]1O. The molecule has 1 saturated heterocycles. The second-order valence-corrected chi connectivity index (χ2v) is 8.41. The molecule has 0 radical (unpaired) electrons. The number of nitrogens with two attached hydrogens (primary N) is 1. The Kier molecular flexibility index (Phi) is 7.56. The summed E-state index contributed by atoms with van der Waals surface area (Å²) in [6, 6.07) is 5.79. The van der Waals surface area contributed by atoms with Crippen molar-refractivity contribution in [3.8, 4) is 0 Å². The monoisotopic (exact) mass is 487 g/mol. The first-order valence-electron chi connectivity index (χ1n) is 9.49. The van der Waals surface area contributed by atoms with Crippen molar-refractivity contribution in [2.24, 2.45) is 0 Å². The lowest BCUT2D eigenvalue weighted by Gasteiger charge is -2.17. The molecule has 3 rings (SSSR count). The molecule has 1 aliphatic heterocycles. The highest BCUT2D eigenvalue weighted by Gasteiger charge is 2.45. The number of carbonyl (C=O) groups excluding carboxylic acids is 1. The fourth-order valence-electron chi connectivity index (χ4n) is 3.20. The molecule has 0 spiro atoms. The average molecular weight is 487 g/mol. The van der Waals surface area contributed by atoms with Gasteiger partial charge in [0.25, 0.3) is 5.69 Å². The summed E-state index contributed by atoms with van der Waals surface area (Å²) in [5.74, 6) is -0.632. The minimum atomic E-state index is -4.81. The second kappa shape index (κ2) is 10.0. The lowest BCUT2D eigenvalue weighted by atomic mass is 10.1. The summed E-state index contributed by atoms with van der Waals surface area (Å²) >= 11 is 0. The van der Waals surface area contributed by atoms with Gasteiger partial charge in [0.05, 0.1) is 24.4 Å². The van der Waals surface area contributed by atoms with Gasteiger partial charge in [-0.1, -0.05) is 12.1 Å². The van der Waals surface area contributed by atoms with Crippen LogP contribution in [0.4, 0.5) is 11.5 Å². The number of aromatic nitrogens is 2. The molecule has 4 atom stereocenters. The van der Waals surface area contributed by atoms with Crippen molar-refractivity contribution in [2.45, 2.75) is 31.1 Å². The molecule has 0 unspecified atom stereocenters. The molecule has 0 aliphatic carbocycles. The molecule has 1 aliphatic rings. The van der Waals surface area contributed by atoms with E-state index in [4.69, 9.17) is 20.3 Å². The molecule has 15 nitrogen and oxygen atoms in total. The Morgan fingerprint density at radius 3 is 2.58 bits per heavy atom. The molecule has 7 N–H and O–H groups in total. The fourth-order valence-corrected chi connectivity index (χ4v) is 3.54. The molecule has 2 heterocycles. The normalized spacial score (nSPS) is 23.0. The van der Waals surface area contributed by atoms with E-state index in [1.54, 1.807) is 12.1 Å². The van der Waals surface area contributed by atoms with Gasteiger partial charge in [0.2, 0.25) is 0 Å². The van der Waals surface area contributed by atoms with E-state index in [0.29, 0.717) is 5.56 Å². The number of imidazole rings is 1. The number of Topliss-reactive ketones (excluding diaryl/α,β-unsaturated/α-hetero) is 1. The van der Waals surface area contributed by atoms with Gasteiger partial charge in [0.1, 0.15) is 29.8 Å². The fraction of sp³-hybridized carbons (Fsp3) is 0.412. The van der Waals surface area contributed by atoms with E-state index < -0.39 is 49.7 Å². The quantitative estimate of drug-likeness (QED) is 0.103. The van der Waals surface area contributed by atoms with Crippen LogP contribution < -0.4 is 11.1 Å². The van der Waals surface area contributed by atoms with Crippen LogP contribution in [0.3, 0.4) is 0 Å². The maximum absolute atomic E-state index is 12.5. The van der Waals surface area contributed by atoms with Crippen LogP contribution in [-0.4, -0.2) is 71.7 Å². The summed E-state index contributed by atoms with van der Waals surface area (Å²) in [4.78, 5) is 44.1. The van der Waals surface area contributed by atoms with Gasteiger partial charge in [-0.15, -0.1) is 0 Å². The molecule has 16 heteroatoms. The number of non-ortho nitro benzene ring substituents is 1. The minimum Gasteiger partial charge on any atom is -0.387 e. The Hall–Kier alpha value is -2.75. The highest BCUT2D eigenvalue weighted by Crippen LogP contribution is 2.38. The van der Waals surface area contributed by atoms with Crippen LogP contribution in [0.2, 0.25) is 0 Å². The maximum Gasteiger partial charge on any atom is 0.469 e. The van der Waals surface area contributed by atoms with Crippen LogP contribution in [-0.2, 0) is 20.4 Å². The van der Waals surface area contributed by atoms with Crippen LogP contribution in [0.15, 0.2) is 30.6 Å². The van der Waals surface area contributed by atoms with E-state index in [-0.39, 0.29) is 30.3 Å². The third kappa shape index (κ3) is 5.98. The summed E-state index contributed by atoms with van der Waals surface area (Å²) < 4.78 is 21.7. The first kappa shape index (κ1) is 24.9. The molecule has 33 heavy (non-hydrogen) atoms. The summed E-state index contributed by atoms with van der Waals surface area (Å²) in [7, 11) is -4.81. The van der Waals surface area contributed by atoms with Crippen molar-refractivity contribution in [1.29, 1.82) is 0 Å². The van der Waals surface area contributed by atoms with E-state index in [2.05, 4.69) is 14.8 Å². The van der Waals surface area contributed by atoms with Crippen molar-refractivity contribution in [2.75, 3.05) is 18.9 Å². The van der Waals surface area contributed by atoms with E-state index in [1.807, 2.05) is 0 Å². The number of rotatable bonds is 10. The van der Waals surface area contributed by atoms with Gasteiger partial charge in [0, 0.05) is 18.7 Å². The number of nitrogens with one attached hydrogen (secondary N) is 1. The first-order valence-corrected chi connectivity index (χ1v) is 11.0. The number of hydrogen-bond acceptors (Lipinski definition) is 11. The van der Waals surface area contributed by atoms with Crippen LogP contribution in [0.25, 0.3) is 0 Å². The number of carbonyl (C=O) groups is 1. The van der Waals surface area contributed by atoms with Crippen molar-refractivity contribution in [1.82, 2.24) is 14.9 Å². The highest BCUT2D eigenvalue weighted by molar-refractivity contribution is 7.46. The molecule has 0 saturated carbocycles. The number of phosphoric acid groups is 1. The van der Waals surface area contributed by atoms with E-state index in [0.717, 1.165) is 10.9 Å². The largest absolute Gasteiger partial charge is 0.469 e. The minimum absolute atomic E-state index is 0.0508. The number of nitrogens with zero attached hydrogens (tertiary/aromatic N) is 3. The van der Waals surface area contributed by atoms with Gasteiger partial charge >= 0.3 is 7.82 Å². The Balaban J connectivity index is 1.59. The maximum atomic E-state index is 12.5. The molecular formula is C17H22N5O10P. The predicted molar refractivity (Wildman–Crippen MR) is 110 cm³/mol. The van der Waals surface area contributed by atoms with E-state index >= 15 is 0 Å². The van der Waals surface area contributed by atoms with Crippen molar-refractivity contribution >= 4 is 25.1 Å². The van der Waals surface area contributed by atoms with Crippen LogP contribution in [0.1, 0.15) is 22.3 Å². The number of nitro benzene ring substituents is 1. The third-order valence-electron chi connectivity index (χ3n) is 4.88. The second-order valence-electron chi connectivity index (χ2n) is 7.17. The topological polar surface area (TPSA) is 233 Å². The number of nitrogen functional groups attached to an aromatic ring is 1. The number of aliphatic hydroxyl groups is 2. The molecule has 1 aromatic heterocycles. The number of hydrogen-bond donors (Lipinski definition) is 6. The van der Waals surface area contributed by atoms with E-state index in [1.165, 1.54) is 12.1 Å². The number of benzene rings is 1. The van der Waals surface area contributed by atoms with Crippen LogP contribution >= 0.6 is 7.82 Å². The Morgan fingerprint density at radius 2 is 1.97 bits per heavy atom. The summed E-state index contributed by atoms with van der Waals surface area (Å²) in [6.45, 7) is -0.595. The Morgan fingerprint density at radius 1 is 1.30 bits per heavy atom. The molecule has 0 amide bonds. The van der Waals surface area contributed by atoms with E-state index in [9.17, 15) is 29.7 Å². The lowest BCUT2D eigenvalue weighted by Crippen LogP contribution is -2.33. The molecule has 1 aromatic carbocycles. The molecule has 0 bridgehead atoms. The summed E-state index contributed by atoms with van der Waals surface area (Å²) in [6.07, 6.45) is -4.47. The number of ketones is 1. The van der Waals surface area contributed by atoms with Crippen LogP contribution in [0, 0.1) is 10.1 Å². The van der Waals surface area contributed by atoms with Crippen molar-refractivity contribution in [3.05, 3.63) is 52.0 Å². The van der Waals surface area contributed by atoms with Crippen molar-refractivity contribution < 1.29 is 43.5 Å². The zero-order chi connectivity index (χ0) is 24.3. The molecular weight excluding hydrogens is 465 g/mol. The van der Waals surface area contributed by atoms with Crippen LogP contribution in [0.5, 0.6) is 0 Å². The van der Waals surface area contributed by atoms with Gasteiger partial charge in [-0.05, 0) is 5.56 Å². The molecule has 180 valence electrons. The number of phosphoric ester groups is 1. The van der Waals surface area contributed by atoms with Gasteiger partial charge in [-0.2, -0.15) is 0 Å². The summed E-state index contributed by atoms with van der Waals surface area (Å²) in [5, 5.41) is 33.9. The standard InChI is InChI=1S/C17H22N5O10P/c18-16-13(11(23)6-19-5-9-1-3-10(4-2-9)22(26)27)20-8-21(16)17-15(25)14(24)12(32-17)7-31-33(28,29)30/h1-4,8,12,14-15,17,19,24-25H,5-7,18H2,(H2,28,29,30)/t12-,14-,15-,17-/m1/s1. The predicted octanol–water partition coefficient (Wildman–Crippen LogP) is -0.926. The average Bonchev–Trinajstić information content (AvgIpc) is 3.26.